The molecule has 5 nitrogen and oxygen atoms in total. The number of ether oxygens (including phenoxy) is 3. The zero-order valence-corrected chi connectivity index (χ0v) is 16.7. The van der Waals surface area contributed by atoms with Gasteiger partial charge in [0, 0.05) is 16.8 Å². The fourth-order valence-electron chi connectivity index (χ4n) is 3.06. The topological polar surface area (TPSA) is 56.8 Å². The summed E-state index contributed by atoms with van der Waals surface area (Å²) in [4.78, 5) is 12.5. The number of methoxy groups -OCH3 is 3. The third-order valence-corrected chi connectivity index (χ3v) is 5.43. The number of rotatable bonds is 7. The second kappa shape index (κ2) is 8.31. The maximum atomic E-state index is 12.5. The molecule has 1 heterocycles. The first-order chi connectivity index (χ1) is 13.1. The second-order valence-corrected chi connectivity index (χ2v) is 7.12. The molecule has 1 aromatic heterocycles. The van der Waals surface area contributed by atoms with E-state index in [4.69, 9.17) is 14.2 Å². The van der Waals surface area contributed by atoms with Crippen LogP contribution >= 0.6 is 11.3 Å². The molecule has 0 aliphatic carbocycles. The van der Waals surface area contributed by atoms with Gasteiger partial charge in [0.25, 0.3) is 0 Å². The van der Waals surface area contributed by atoms with Gasteiger partial charge < -0.3 is 19.5 Å². The van der Waals surface area contributed by atoms with Crippen molar-refractivity contribution >= 4 is 27.3 Å². The highest BCUT2D eigenvalue weighted by Crippen LogP contribution is 2.39. The molecule has 3 aromatic rings. The highest BCUT2D eigenvalue weighted by molar-refractivity contribution is 7.17. The Morgan fingerprint density at radius 3 is 2.48 bits per heavy atom. The van der Waals surface area contributed by atoms with Gasteiger partial charge >= 0.3 is 0 Å². The fraction of sp³-hybridized carbons (Fsp3) is 0.286. The van der Waals surface area contributed by atoms with Crippen molar-refractivity contribution in [3.63, 3.8) is 0 Å². The van der Waals surface area contributed by atoms with E-state index in [1.165, 1.54) is 10.3 Å². The summed E-state index contributed by atoms with van der Waals surface area (Å²) >= 11 is 1.66. The molecule has 0 atom stereocenters. The van der Waals surface area contributed by atoms with Crippen molar-refractivity contribution in [2.24, 2.45) is 0 Å². The molecule has 1 N–H and O–H groups in total. The lowest BCUT2D eigenvalue weighted by Gasteiger charge is -2.16. The molecule has 0 spiro atoms. The van der Waals surface area contributed by atoms with Crippen LogP contribution in [-0.4, -0.2) is 27.2 Å². The third kappa shape index (κ3) is 4.01. The van der Waals surface area contributed by atoms with Gasteiger partial charge in [-0.1, -0.05) is 17.7 Å². The van der Waals surface area contributed by atoms with E-state index in [1.807, 2.05) is 6.07 Å². The van der Waals surface area contributed by atoms with Crippen LogP contribution in [0.2, 0.25) is 0 Å². The quantitative estimate of drug-likeness (QED) is 0.665. The molecule has 1 amide bonds. The van der Waals surface area contributed by atoms with E-state index in [2.05, 4.69) is 35.8 Å². The van der Waals surface area contributed by atoms with Crippen molar-refractivity contribution in [1.29, 1.82) is 0 Å². The molecule has 0 aliphatic rings. The maximum absolute atomic E-state index is 12.5. The summed E-state index contributed by atoms with van der Waals surface area (Å²) in [6, 6.07) is 9.99. The van der Waals surface area contributed by atoms with Gasteiger partial charge in [-0.25, -0.2) is 0 Å². The van der Waals surface area contributed by atoms with E-state index < -0.39 is 0 Å². The normalized spacial score (nSPS) is 10.7. The number of nitrogens with one attached hydrogen (secondary N) is 1. The lowest BCUT2D eigenvalue weighted by molar-refractivity contribution is -0.120. The van der Waals surface area contributed by atoms with E-state index in [-0.39, 0.29) is 5.91 Å². The van der Waals surface area contributed by atoms with Crippen LogP contribution in [0.1, 0.15) is 16.7 Å². The van der Waals surface area contributed by atoms with Gasteiger partial charge in [-0.15, -0.1) is 11.3 Å². The van der Waals surface area contributed by atoms with Gasteiger partial charge in [-0.3, -0.25) is 4.79 Å². The van der Waals surface area contributed by atoms with Crippen LogP contribution in [0, 0.1) is 6.92 Å². The van der Waals surface area contributed by atoms with Gasteiger partial charge in [-0.2, -0.15) is 0 Å². The fourth-order valence-corrected chi connectivity index (χ4v) is 4.01. The van der Waals surface area contributed by atoms with Gasteiger partial charge in [0.1, 0.15) is 0 Å². The molecule has 0 unspecified atom stereocenters. The minimum atomic E-state index is -0.0342. The highest BCUT2D eigenvalue weighted by Gasteiger charge is 2.16. The number of thiophene rings is 1. The summed E-state index contributed by atoms with van der Waals surface area (Å²) < 4.78 is 17.3. The van der Waals surface area contributed by atoms with Crippen LogP contribution < -0.4 is 19.5 Å². The molecule has 0 bridgehead atoms. The largest absolute Gasteiger partial charge is 0.493 e. The minimum absolute atomic E-state index is 0.0342. The Morgan fingerprint density at radius 2 is 1.78 bits per heavy atom. The summed E-state index contributed by atoms with van der Waals surface area (Å²) in [5.41, 5.74) is 3.07. The van der Waals surface area contributed by atoms with E-state index in [0.29, 0.717) is 30.2 Å². The van der Waals surface area contributed by atoms with Crippen LogP contribution in [0.15, 0.2) is 35.7 Å². The first-order valence-corrected chi connectivity index (χ1v) is 9.46. The minimum Gasteiger partial charge on any atom is -0.493 e. The summed E-state index contributed by atoms with van der Waals surface area (Å²) in [6.07, 6.45) is 0.346. The molecule has 27 heavy (non-hydrogen) atoms. The summed E-state index contributed by atoms with van der Waals surface area (Å²) in [5.74, 6) is 1.64. The van der Waals surface area contributed by atoms with Crippen LogP contribution in [0.5, 0.6) is 17.2 Å². The summed E-state index contributed by atoms with van der Waals surface area (Å²) in [6.45, 7) is 2.41. The number of hydrogen-bond donors (Lipinski definition) is 1. The second-order valence-electron chi connectivity index (χ2n) is 6.21. The lowest BCUT2D eigenvalue weighted by atomic mass is 10.1. The number of carbonyl (C=O) groups is 1. The van der Waals surface area contributed by atoms with E-state index >= 15 is 0 Å². The predicted octanol–water partition coefficient (Wildman–Crippen LogP) is 4.09. The first-order valence-electron chi connectivity index (χ1n) is 8.58. The number of carbonyl (C=O) groups excluding carboxylic acids is 1. The zero-order valence-electron chi connectivity index (χ0n) is 15.9. The summed E-state index contributed by atoms with van der Waals surface area (Å²) in [7, 11) is 4.71. The van der Waals surface area contributed by atoms with Crippen molar-refractivity contribution in [3.05, 3.63) is 52.4 Å². The zero-order chi connectivity index (χ0) is 19.4. The molecule has 0 aliphatic heterocycles. The molecular formula is C21H23NO4S. The maximum Gasteiger partial charge on any atom is 0.224 e. The average molecular weight is 385 g/mol. The Labute approximate surface area is 162 Å². The third-order valence-electron chi connectivity index (χ3n) is 4.42. The van der Waals surface area contributed by atoms with Gasteiger partial charge in [0.2, 0.25) is 11.7 Å². The number of benzene rings is 2. The predicted molar refractivity (Wildman–Crippen MR) is 108 cm³/mol. The Hall–Kier alpha value is -2.73. The molecule has 0 saturated carbocycles. The molecule has 2 aromatic carbocycles. The molecule has 0 fully saturated rings. The monoisotopic (exact) mass is 385 g/mol. The van der Waals surface area contributed by atoms with Crippen molar-refractivity contribution in [3.8, 4) is 17.2 Å². The molecular weight excluding hydrogens is 362 g/mol. The van der Waals surface area contributed by atoms with Gasteiger partial charge in [0.05, 0.1) is 27.8 Å². The van der Waals surface area contributed by atoms with E-state index in [9.17, 15) is 4.79 Å². The molecule has 6 heteroatoms. The van der Waals surface area contributed by atoms with E-state index in [1.54, 1.807) is 38.7 Å². The number of aryl methyl sites for hydroxylation is 1. The smallest absolute Gasteiger partial charge is 0.224 e. The Morgan fingerprint density at radius 1 is 1.00 bits per heavy atom. The van der Waals surface area contributed by atoms with Crippen LogP contribution in [0.4, 0.5) is 0 Å². The van der Waals surface area contributed by atoms with Crippen molar-refractivity contribution in [1.82, 2.24) is 5.32 Å². The van der Waals surface area contributed by atoms with Gasteiger partial charge in [-0.05, 0) is 41.5 Å². The average Bonchev–Trinajstić information content (AvgIpc) is 3.07. The molecule has 3 rings (SSSR count). The van der Waals surface area contributed by atoms with Crippen LogP contribution in [0.3, 0.4) is 0 Å². The van der Waals surface area contributed by atoms with Crippen molar-refractivity contribution < 1.29 is 19.0 Å². The summed E-state index contributed by atoms with van der Waals surface area (Å²) in [5, 5.41) is 6.18. The Kier molecular flexibility index (Phi) is 5.86. The molecule has 142 valence electrons. The van der Waals surface area contributed by atoms with Crippen LogP contribution in [-0.2, 0) is 17.8 Å². The number of fused-ring (bicyclic) bond motifs is 1. The number of amides is 1. The van der Waals surface area contributed by atoms with Gasteiger partial charge in [0.15, 0.2) is 11.5 Å². The molecule has 0 saturated heterocycles. The number of hydrogen-bond acceptors (Lipinski definition) is 5. The van der Waals surface area contributed by atoms with Crippen molar-refractivity contribution in [2.45, 2.75) is 19.9 Å². The first kappa shape index (κ1) is 19.0. The Bertz CT molecular complexity index is 964. The SMILES string of the molecule is COc1ccc(CNC(=O)Cc2csc3ccc(C)cc23)c(OC)c1OC. The van der Waals surface area contributed by atoms with Crippen molar-refractivity contribution in [2.75, 3.05) is 21.3 Å². The van der Waals surface area contributed by atoms with E-state index in [0.717, 1.165) is 16.5 Å². The highest BCUT2D eigenvalue weighted by atomic mass is 32.1. The van der Waals surface area contributed by atoms with Crippen LogP contribution in [0.25, 0.3) is 10.1 Å². The standard InChI is InChI=1S/C21H23NO4S/c1-13-5-8-18-16(9-13)15(12-27-18)10-19(23)22-11-14-6-7-17(24-2)21(26-4)20(14)25-3/h5-9,12H,10-11H2,1-4H3,(H,22,23). The molecule has 0 radical (unpaired) electrons. The lowest BCUT2D eigenvalue weighted by Crippen LogP contribution is -2.24. The Balaban J connectivity index is 1.73.